The van der Waals surface area contributed by atoms with Crippen LogP contribution in [0.15, 0.2) is 32.6 Å². The Kier molecular flexibility index (Phi) is 5.64. The fourth-order valence-electron chi connectivity index (χ4n) is 2.35. The van der Waals surface area contributed by atoms with Gasteiger partial charge in [0.25, 0.3) is 5.56 Å². The zero-order valence-electron chi connectivity index (χ0n) is 11.6. The van der Waals surface area contributed by atoms with Gasteiger partial charge >= 0.3 is 0 Å². The van der Waals surface area contributed by atoms with E-state index >= 15 is 0 Å². The number of halogens is 1. The maximum Gasteiger partial charge on any atom is 0.250 e. The molecule has 0 aromatic carbocycles. The molecule has 0 atom stereocenters. The summed E-state index contributed by atoms with van der Waals surface area (Å²) >= 11 is 3.36. The molecule has 0 spiro atoms. The predicted octanol–water partition coefficient (Wildman–Crippen LogP) is 1.80. The highest BCUT2D eigenvalue weighted by Gasteiger charge is 2.10. The predicted molar refractivity (Wildman–Crippen MR) is 84.9 cm³/mol. The average Bonchev–Trinajstić information content (AvgIpc) is 2.71. The van der Waals surface area contributed by atoms with Crippen LogP contribution in [-0.2, 0) is 6.54 Å². The Morgan fingerprint density at radius 2 is 1.95 bits per heavy atom. The molecule has 1 saturated heterocycles. The molecule has 1 aliphatic rings. The summed E-state index contributed by atoms with van der Waals surface area (Å²) in [4.78, 5) is 18.2. The minimum atomic E-state index is -0.0169. The van der Waals surface area contributed by atoms with Crippen molar-refractivity contribution in [2.24, 2.45) is 10.7 Å². The maximum absolute atomic E-state index is 11.6. The van der Waals surface area contributed by atoms with Crippen molar-refractivity contribution in [1.29, 1.82) is 0 Å². The minimum absolute atomic E-state index is 0.0169. The van der Waals surface area contributed by atoms with E-state index in [2.05, 4.69) is 25.8 Å². The quantitative estimate of drug-likeness (QED) is 0.674. The average molecular weight is 341 g/mol. The van der Waals surface area contributed by atoms with Crippen LogP contribution in [-0.4, -0.2) is 35.1 Å². The van der Waals surface area contributed by atoms with E-state index in [-0.39, 0.29) is 5.56 Å². The van der Waals surface area contributed by atoms with Gasteiger partial charge in [-0.25, -0.2) is 0 Å². The van der Waals surface area contributed by atoms with Crippen molar-refractivity contribution in [2.45, 2.75) is 32.2 Å². The number of hydrogen-bond donors (Lipinski definition) is 1. The number of nitrogens with two attached hydrogens (primary N) is 1. The molecule has 2 rings (SSSR count). The van der Waals surface area contributed by atoms with Crippen LogP contribution in [0, 0.1) is 0 Å². The maximum atomic E-state index is 11.6. The van der Waals surface area contributed by atoms with Gasteiger partial charge in [0.2, 0.25) is 0 Å². The molecule has 6 heteroatoms. The number of aromatic nitrogens is 1. The Morgan fingerprint density at radius 1 is 1.25 bits per heavy atom. The smallest absolute Gasteiger partial charge is 0.250 e. The number of likely N-dealkylation sites (tertiary alicyclic amines) is 1. The van der Waals surface area contributed by atoms with Crippen LogP contribution in [0.4, 0.5) is 0 Å². The Hall–Kier alpha value is -1.30. The first kappa shape index (κ1) is 15.1. The molecule has 0 bridgehead atoms. The summed E-state index contributed by atoms with van der Waals surface area (Å²) in [6.45, 7) is 3.06. The standard InChI is InChI=1S/C14H21BrN4O/c15-12-5-6-13(20)19(11-12)10-7-17-14(16)18-8-3-1-2-4-9-18/h5-6,11H,1-4,7-10H2,(H2,16,17). The first-order valence-corrected chi connectivity index (χ1v) is 7.87. The van der Waals surface area contributed by atoms with Crippen molar-refractivity contribution < 1.29 is 0 Å². The highest BCUT2D eigenvalue weighted by Crippen LogP contribution is 2.09. The first-order valence-electron chi connectivity index (χ1n) is 7.08. The summed E-state index contributed by atoms with van der Waals surface area (Å²) in [7, 11) is 0. The lowest BCUT2D eigenvalue weighted by Crippen LogP contribution is -2.38. The molecule has 1 fully saturated rings. The van der Waals surface area contributed by atoms with Crippen LogP contribution in [0.1, 0.15) is 25.7 Å². The molecule has 110 valence electrons. The number of pyridine rings is 1. The zero-order chi connectivity index (χ0) is 14.4. The Morgan fingerprint density at radius 3 is 2.65 bits per heavy atom. The van der Waals surface area contributed by atoms with E-state index in [1.165, 1.54) is 25.7 Å². The van der Waals surface area contributed by atoms with Gasteiger partial charge in [-0.2, -0.15) is 0 Å². The van der Waals surface area contributed by atoms with Gasteiger partial charge in [0.1, 0.15) is 0 Å². The number of guanidine groups is 1. The summed E-state index contributed by atoms with van der Waals surface area (Å²) in [5.74, 6) is 0.606. The second-order valence-electron chi connectivity index (χ2n) is 5.02. The van der Waals surface area contributed by atoms with Crippen LogP contribution >= 0.6 is 15.9 Å². The first-order chi connectivity index (χ1) is 9.66. The van der Waals surface area contributed by atoms with Crippen LogP contribution in [0.3, 0.4) is 0 Å². The molecule has 0 unspecified atom stereocenters. The number of aliphatic imine (C=N–C) groups is 1. The fraction of sp³-hybridized carbons (Fsp3) is 0.571. The van der Waals surface area contributed by atoms with Gasteiger partial charge in [0, 0.05) is 36.4 Å². The fourth-order valence-corrected chi connectivity index (χ4v) is 2.73. The molecule has 1 aromatic heterocycles. The van der Waals surface area contributed by atoms with Crippen LogP contribution < -0.4 is 11.3 Å². The molecule has 1 aromatic rings. The van der Waals surface area contributed by atoms with Gasteiger partial charge in [-0.3, -0.25) is 9.79 Å². The van der Waals surface area contributed by atoms with Gasteiger partial charge in [-0.05, 0) is 34.8 Å². The van der Waals surface area contributed by atoms with E-state index in [1.807, 2.05) is 0 Å². The third kappa shape index (κ3) is 4.37. The minimum Gasteiger partial charge on any atom is -0.370 e. The van der Waals surface area contributed by atoms with Crippen molar-refractivity contribution in [3.8, 4) is 0 Å². The molecule has 0 radical (unpaired) electrons. The lowest BCUT2D eigenvalue weighted by atomic mass is 10.2. The molecular formula is C14H21BrN4O. The summed E-state index contributed by atoms with van der Waals surface area (Å²) < 4.78 is 2.53. The monoisotopic (exact) mass is 340 g/mol. The molecular weight excluding hydrogens is 320 g/mol. The molecule has 1 aliphatic heterocycles. The van der Waals surface area contributed by atoms with Crippen molar-refractivity contribution in [3.63, 3.8) is 0 Å². The van der Waals surface area contributed by atoms with Crippen LogP contribution in [0.2, 0.25) is 0 Å². The highest BCUT2D eigenvalue weighted by atomic mass is 79.9. The van der Waals surface area contributed by atoms with E-state index < -0.39 is 0 Å². The van der Waals surface area contributed by atoms with Crippen LogP contribution in [0.5, 0.6) is 0 Å². The molecule has 5 nitrogen and oxygen atoms in total. The molecule has 0 amide bonds. The highest BCUT2D eigenvalue weighted by molar-refractivity contribution is 9.10. The largest absolute Gasteiger partial charge is 0.370 e. The molecule has 2 heterocycles. The van der Waals surface area contributed by atoms with Crippen LogP contribution in [0.25, 0.3) is 0 Å². The zero-order valence-corrected chi connectivity index (χ0v) is 13.2. The van der Waals surface area contributed by atoms with E-state index in [9.17, 15) is 4.79 Å². The van der Waals surface area contributed by atoms with Gasteiger partial charge < -0.3 is 15.2 Å². The van der Waals surface area contributed by atoms with E-state index in [0.29, 0.717) is 19.0 Å². The van der Waals surface area contributed by atoms with E-state index in [0.717, 1.165) is 17.6 Å². The normalized spacial score (nSPS) is 17.1. The van der Waals surface area contributed by atoms with Crippen molar-refractivity contribution >= 4 is 21.9 Å². The third-order valence-corrected chi connectivity index (χ3v) is 3.96. The van der Waals surface area contributed by atoms with E-state index in [1.54, 1.807) is 22.9 Å². The van der Waals surface area contributed by atoms with Crippen molar-refractivity contribution in [3.05, 3.63) is 33.2 Å². The number of hydrogen-bond acceptors (Lipinski definition) is 2. The van der Waals surface area contributed by atoms with Crippen molar-refractivity contribution in [1.82, 2.24) is 9.47 Å². The van der Waals surface area contributed by atoms with Gasteiger partial charge in [0.05, 0.1) is 6.54 Å². The molecule has 2 N–H and O–H groups in total. The summed E-state index contributed by atoms with van der Waals surface area (Å²) in [6, 6.07) is 3.29. The topological polar surface area (TPSA) is 63.6 Å². The summed E-state index contributed by atoms with van der Waals surface area (Å²) in [6.07, 6.45) is 6.69. The third-order valence-electron chi connectivity index (χ3n) is 3.49. The lowest BCUT2D eigenvalue weighted by molar-refractivity contribution is 0.428. The second-order valence-corrected chi connectivity index (χ2v) is 5.94. The molecule has 20 heavy (non-hydrogen) atoms. The summed E-state index contributed by atoms with van der Waals surface area (Å²) in [5.41, 5.74) is 6.01. The molecule has 0 aliphatic carbocycles. The second kappa shape index (κ2) is 7.47. The number of rotatable bonds is 3. The lowest BCUT2D eigenvalue weighted by Gasteiger charge is -2.21. The van der Waals surface area contributed by atoms with Crippen molar-refractivity contribution in [2.75, 3.05) is 19.6 Å². The Bertz CT molecular complexity index is 518. The van der Waals surface area contributed by atoms with Gasteiger partial charge in [-0.1, -0.05) is 12.8 Å². The Balaban J connectivity index is 1.91. The van der Waals surface area contributed by atoms with Gasteiger partial charge in [0.15, 0.2) is 5.96 Å². The summed E-state index contributed by atoms with van der Waals surface area (Å²) in [5, 5.41) is 0. The SMILES string of the molecule is NC(=NCCn1cc(Br)ccc1=O)N1CCCCCC1. The number of nitrogens with zero attached hydrogens (tertiary/aromatic N) is 3. The molecule has 0 saturated carbocycles. The van der Waals surface area contributed by atoms with E-state index in [4.69, 9.17) is 5.73 Å². The van der Waals surface area contributed by atoms with Gasteiger partial charge in [-0.15, -0.1) is 0 Å². The Labute approximate surface area is 127 Å².